The fraction of sp³-hybridized carbons (Fsp3) is 0.143. The van der Waals surface area contributed by atoms with E-state index in [2.05, 4.69) is 0 Å². The second kappa shape index (κ2) is 4.64. The zero-order valence-electron chi connectivity index (χ0n) is 7.79. The predicted octanol–water partition coefficient (Wildman–Crippen LogP) is 0.817. The average Bonchev–Trinajstić information content (AvgIpc) is 2.16. The number of alkyl halides is 1. The molecule has 7 nitrogen and oxygen atoms in total. The standard InChI is InChI=1S/C7H7ClN2O5S/c8-4-15-7-2-1-5(16(9,13)14)3-6(7)10(11)12/h1-3H,4H2,(H2,9,13,14). The molecule has 16 heavy (non-hydrogen) atoms. The van der Waals surface area contributed by atoms with Gasteiger partial charge in [-0.15, -0.1) is 0 Å². The highest BCUT2D eigenvalue weighted by atomic mass is 35.5. The summed E-state index contributed by atoms with van der Waals surface area (Å²) in [4.78, 5) is 9.48. The average molecular weight is 267 g/mol. The number of ether oxygens (including phenoxy) is 1. The topological polar surface area (TPSA) is 113 Å². The Kier molecular flexibility index (Phi) is 3.68. The van der Waals surface area contributed by atoms with Crippen LogP contribution in [0.2, 0.25) is 0 Å². The molecular weight excluding hydrogens is 260 g/mol. The minimum absolute atomic E-state index is 0.118. The third kappa shape index (κ3) is 2.81. The molecule has 0 aliphatic rings. The molecule has 0 aromatic heterocycles. The molecule has 0 amide bonds. The lowest BCUT2D eigenvalue weighted by Crippen LogP contribution is -2.12. The molecule has 0 aliphatic heterocycles. The molecule has 0 spiro atoms. The number of nitro benzene ring substituents is 1. The van der Waals surface area contributed by atoms with Gasteiger partial charge in [-0.05, 0) is 12.1 Å². The van der Waals surface area contributed by atoms with Gasteiger partial charge in [0, 0.05) is 6.07 Å². The number of sulfonamides is 1. The van der Waals surface area contributed by atoms with E-state index in [0.29, 0.717) is 0 Å². The highest BCUT2D eigenvalue weighted by molar-refractivity contribution is 7.89. The van der Waals surface area contributed by atoms with E-state index in [1.54, 1.807) is 0 Å². The monoisotopic (exact) mass is 266 g/mol. The van der Waals surface area contributed by atoms with Gasteiger partial charge < -0.3 is 4.74 Å². The maximum Gasteiger partial charge on any atom is 0.312 e. The van der Waals surface area contributed by atoms with Crippen LogP contribution >= 0.6 is 11.6 Å². The SMILES string of the molecule is NS(=O)(=O)c1ccc(OCCl)c([N+](=O)[O-])c1. The van der Waals surface area contributed by atoms with Crippen LogP contribution in [0.25, 0.3) is 0 Å². The molecule has 9 heteroatoms. The molecule has 88 valence electrons. The van der Waals surface area contributed by atoms with Gasteiger partial charge in [-0.1, -0.05) is 11.6 Å². The van der Waals surface area contributed by atoms with Gasteiger partial charge in [0.2, 0.25) is 10.0 Å². The molecule has 0 radical (unpaired) electrons. The Hall–Kier alpha value is -1.38. The van der Waals surface area contributed by atoms with E-state index in [0.717, 1.165) is 18.2 Å². The van der Waals surface area contributed by atoms with Crippen molar-refractivity contribution in [3.63, 3.8) is 0 Å². The first-order chi connectivity index (χ1) is 7.36. The highest BCUT2D eigenvalue weighted by Gasteiger charge is 2.19. The van der Waals surface area contributed by atoms with E-state index in [-0.39, 0.29) is 16.7 Å². The van der Waals surface area contributed by atoms with Crippen molar-refractivity contribution in [1.82, 2.24) is 0 Å². The number of nitro groups is 1. The summed E-state index contributed by atoms with van der Waals surface area (Å²) in [5.41, 5.74) is -0.507. The third-order valence-corrected chi connectivity index (χ3v) is 2.69. The molecule has 1 rings (SSSR count). The van der Waals surface area contributed by atoms with Crippen molar-refractivity contribution >= 4 is 27.3 Å². The van der Waals surface area contributed by atoms with E-state index in [9.17, 15) is 18.5 Å². The Labute approximate surface area is 96.0 Å². The van der Waals surface area contributed by atoms with Gasteiger partial charge >= 0.3 is 5.69 Å². The maximum absolute atomic E-state index is 11.0. The fourth-order valence-electron chi connectivity index (χ4n) is 0.998. The molecular formula is C7H7ClN2O5S. The molecule has 1 aromatic rings. The first-order valence-electron chi connectivity index (χ1n) is 3.86. The summed E-state index contributed by atoms with van der Waals surface area (Å²) in [5.74, 6) is -0.118. The lowest BCUT2D eigenvalue weighted by molar-refractivity contribution is -0.386. The highest BCUT2D eigenvalue weighted by Crippen LogP contribution is 2.29. The summed E-state index contributed by atoms with van der Waals surface area (Å²) in [5, 5.41) is 15.5. The van der Waals surface area contributed by atoms with Gasteiger partial charge in [0.1, 0.15) is 0 Å². The van der Waals surface area contributed by atoms with E-state index in [1.807, 2.05) is 0 Å². The molecule has 0 unspecified atom stereocenters. The summed E-state index contributed by atoms with van der Waals surface area (Å²) in [6.45, 7) is 0. The number of halogens is 1. The summed E-state index contributed by atoms with van der Waals surface area (Å²) in [6.07, 6.45) is 0. The smallest absolute Gasteiger partial charge is 0.312 e. The molecule has 1 aromatic carbocycles. The number of nitrogens with zero attached hydrogens (tertiary/aromatic N) is 1. The van der Waals surface area contributed by atoms with Crippen LogP contribution in [0.3, 0.4) is 0 Å². The van der Waals surface area contributed by atoms with Gasteiger partial charge in [-0.25, -0.2) is 13.6 Å². The molecule has 0 heterocycles. The minimum Gasteiger partial charge on any atom is -0.471 e. The molecule has 0 saturated carbocycles. The summed E-state index contributed by atoms with van der Waals surface area (Å²) < 4.78 is 26.7. The third-order valence-electron chi connectivity index (χ3n) is 1.67. The van der Waals surface area contributed by atoms with Crippen LogP contribution < -0.4 is 9.88 Å². The largest absolute Gasteiger partial charge is 0.471 e. The lowest BCUT2D eigenvalue weighted by atomic mass is 10.3. The number of hydrogen-bond acceptors (Lipinski definition) is 5. The molecule has 2 N–H and O–H groups in total. The van der Waals surface area contributed by atoms with E-state index < -0.39 is 20.6 Å². The Morgan fingerprint density at radius 1 is 1.50 bits per heavy atom. The van der Waals surface area contributed by atoms with Crippen LogP contribution in [0.1, 0.15) is 0 Å². The van der Waals surface area contributed by atoms with Crippen molar-refractivity contribution in [3.05, 3.63) is 28.3 Å². The summed E-state index contributed by atoms with van der Waals surface area (Å²) in [6, 6.07) is 2.76. The van der Waals surface area contributed by atoms with Gasteiger partial charge in [0.25, 0.3) is 0 Å². The number of rotatable bonds is 4. The van der Waals surface area contributed by atoms with Crippen LogP contribution in [-0.4, -0.2) is 19.4 Å². The first-order valence-corrected chi connectivity index (χ1v) is 5.94. The normalized spacial score (nSPS) is 11.1. The van der Waals surface area contributed by atoms with Crippen LogP contribution in [0.4, 0.5) is 5.69 Å². The molecule has 0 saturated heterocycles. The molecule has 0 aliphatic carbocycles. The van der Waals surface area contributed by atoms with Crippen LogP contribution in [-0.2, 0) is 10.0 Å². The zero-order valence-corrected chi connectivity index (χ0v) is 9.36. The lowest BCUT2D eigenvalue weighted by Gasteiger charge is -2.04. The van der Waals surface area contributed by atoms with Crippen LogP contribution in [0, 0.1) is 10.1 Å². The van der Waals surface area contributed by atoms with E-state index in [1.165, 1.54) is 0 Å². The minimum atomic E-state index is -3.98. The van der Waals surface area contributed by atoms with Crippen LogP contribution in [0.15, 0.2) is 23.1 Å². The number of nitrogens with two attached hydrogens (primary N) is 1. The number of primary sulfonamides is 1. The quantitative estimate of drug-likeness (QED) is 0.492. The van der Waals surface area contributed by atoms with Crippen molar-refractivity contribution in [1.29, 1.82) is 0 Å². The Balaban J connectivity index is 3.34. The van der Waals surface area contributed by atoms with Gasteiger partial charge in [0.05, 0.1) is 9.82 Å². The van der Waals surface area contributed by atoms with Gasteiger partial charge in [-0.3, -0.25) is 10.1 Å². The summed E-state index contributed by atoms with van der Waals surface area (Å²) >= 11 is 5.25. The zero-order chi connectivity index (χ0) is 12.3. The van der Waals surface area contributed by atoms with Gasteiger partial charge in [-0.2, -0.15) is 0 Å². The Morgan fingerprint density at radius 3 is 2.56 bits per heavy atom. The predicted molar refractivity (Wildman–Crippen MR) is 55.8 cm³/mol. The summed E-state index contributed by atoms with van der Waals surface area (Å²) in [7, 11) is -3.98. The molecule has 0 atom stereocenters. The maximum atomic E-state index is 11.0. The second-order valence-corrected chi connectivity index (χ2v) is 4.46. The Bertz CT molecular complexity index is 516. The van der Waals surface area contributed by atoms with Gasteiger partial charge in [0.15, 0.2) is 11.8 Å². The molecule has 0 fully saturated rings. The van der Waals surface area contributed by atoms with E-state index >= 15 is 0 Å². The molecule has 0 bridgehead atoms. The fourth-order valence-corrected chi connectivity index (χ4v) is 1.65. The number of benzene rings is 1. The van der Waals surface area contributed by atoms with Crippen molar-refractivity contribution in [2.45, 2.75) is 4.90 Å². The van der Waals surface area contributed by atoms with Crippen molar-refractivity contribution in [2.24, 2.45) is 5.14 Å². The first kappa shape index (κ1) is 12.7. The van der Waals surface area contributed by atoms with E-state index in [4.69, 9.17) is 21.5 Å². The second-order valence-electron chi connectivity index (χ2n) is 2.69. The van der Waals surface area contributed by atoms with Crippen molar-refractivity contribution < 1.29 is 18.1 Å². The number of hydrogen-bond donors (Lipinski definition) is 1. The Morgan fingerprint density at radius 2 is 2.12 bits per heavy atom. The van der Waals surface area contributed by atoms with Crippen LogP contribution in [0.5, 0.6) is 5.75 Å². The van der Waals surface area contributed by atoms with Crippen molar-refractivity contribution in [2.75, 3.05) is 6.07 Å². The van der Waals surface area contributed by atoms with Crippen molar-refractivity contribution in [3.8, 4) is 5.75 Å².